The van der Waals surface area contributed by atoms with Crippen molar-refractivity contribution in [2.75, 3.05) is 97.0 Å². The molecule has 1 unspecified atom stereocenters. The van der Waals surface area contributed by atoms with E-state index in [1.807, 2.05) is 80.8 Å². The van der Waals surface area contributed by atoms with Crippen molar-refractivity contribution >= 4 is 40.4 Å². The number of piperazine rings is 1. The first-order valence-corrected chi connectivity index (χ1v) is 22.0. The minimum atomic E-state index is -0.959. The molecule has 2 aliphatic heterocycles. The van der Waals surface area contributed by atoms with E-state index < -0.39 is 35.4 Å². The number of ether oxygens (including phenoxy) is 4. The smallest absolute Gasteiger partial charge is 0.246 e. The lowest BCUT2D eigenvalue weighted by molar-refractivity contribution is -0.144. The van der Waals surface area contributed by atoms with Gasteiger partial charge in [0.05, 0.1) is 69.1 Å². The number of nitrogens with zero attached hydrogens (tertiary/aromatic N) is 7. The van der Waals surface area contributed by atoms with Crippen molar-refractivity contribution in [3.05, 3.63) is 78.4 Å². The van der Waals surface area contributed by atoms with Crippen LogP contribution in [0.4, 0.5) is 5.82 Å². The number of oxazole rings is 1. The Morgan fingerprint density at radius 3 is 2.25 bits per heavy atom. The van der Waals surface area contributed by atoms with Crippen molar-refractivity contribution in [3.8, 4) is 11.3 Å². The van der Waals surface area contributed by atoms with Gasteiger partial charge in [0, 0.05) is 64.0 Å². The van der Waals surface area contributed by atoms with E-state index in [9.17, 15) is 19.5 Å². The Kier molecular flexibility index (Phi) is 15.9. The number of fused-ring (bicyclic) bond motifs is 3. The second-order valence-corrected chi connectivity index (χ2v) is 17.2. The average molecular weight is 884 g/mol. The Balaban J connectivity index is 0.716. The van der Waals surface area contributed by atoms with Gasteiger partial charge < -0.3 is 48.9 Å². The monoisotopic (exact) mass is 883 g/mol. The standard InChI is InChI=1S/C46H61N9O9/c1-32-41(64-31-48-32)34-11-9-33(10-12-34)28-47-43(58)38-27-35(56)29-55(38)44(59)42(46(2,3)4)51-40(57)30-63-26-25-62-24-23-61-22-21-60-20-19-52-15-17-53(18-16-52)39-13-14-54-37-8-6-5-7-36(37)49-45(54)50-39/h5-14,31,35,38,42,56H,15-30H2,1-4H3,(H,47,58)(H,51,57)/t35-,38+,42?/m1/s1. The summed E-state index contributed by atoms with van der Waals surface area (Å²) in [5.74, 6) is 1.05. The third kappa shape index (κ3) is 12.2. The lowest BCUT2D eigenvalue weighted by Crippen LogP contribution is -2.58. The van der Waals surface area contributed by atoms with Crippen molar-refractivity contribution in [3.63, 3.8) is 0 Å². The number of para-hydroxylation sites is 2. The third-order valence-electron chi connectivity index (χ3n) is 11.5. The molecule has 2 aliphatic rings. The number of hydrogen-bond acceptors (Lipinski definition) is 14. The van der Waals surface area contributed by atoms with E-state index in [0.29, 0.717) is 44.6 Å². The summed E-state index contributed by atoms with van der Waals surface area (Å²) >= 11 is 0. The summed E-state index contributed by atoms with van der Waals surface area (Å²) in [6, 6.07) is 15.8. The number of carbonyl (C=O) groups is 3. The van der Waals surface area contributed by atoms with Crippen LogP contribution in [0.5, 0.6) is 0 Å². The molecule has 18 heteroatoms. The number of β-amino-alcohol motifs (C(OH)–C–C–N with tert-alkyl or cyclic N) is 1. The molecule has 2 saturated heterocycles. The van der Waals surface area contributed by atoms with Gasteiger partial charge in [0.15, 0.2) is 12.2 Å². The number of aliphatic hydroxyl groups excluding tert-OH is 1. The zero-order valence-corrected chi connectivity index (χ0v) is 37.2. The van der Waals surface area contributed by atoms with Crippen LogP contribution in [0.25, 0.3) is 28.1 Å². The molecule has 0 radical (unpaired) electrons. The molecule has 2 aromatic carbocycles. The van der Waals surface area contributed by atoms with Crippen LogP contribution in [0.15, 0.2) is 71.6 Å². The van der Waals surface area contributed by atoms with Gasteiger partial charge in [0.2, 0.25) is 23.5 Å². The Bertz CT molecular complexity index is 2300. The van der Waals surface area contributed by atoms with Crippen LogP contribution in [0.3, 0.4) is 0 Å². The number of hydrogen-bond donors (Lipinski definition) is 3. The van der Waals surface area contributed by atoms with E-state index in [4.69, 9.17) is 28.3 Å². The number of aryl methyl sites for hydroxylation is 1. The number of anilines is 1. The normalized spacial score (nSPS) is 17.6. The average Bonchev–Trinajstić information content (AvgIpc) is 4.02. The molecule has 3 N–H and O–H groups in total. The Labute approximate surface area is 373 Å². The predicted molar refractivity (Wildman–Crippen MR) is 238 cm³/mol. The van der Waals surface area contributed by atoms with E-state index >= 15 is 0 Å². The van der Waals surface area contributed by atoms with Gasteiger partial charge in [-0.25, -0.2) is 9.97 Å². The first-order valence-electron chi connectivity index (χ1n) is 22.0. The first-order chi connectivity index (χ1) is 30.9. The zero-order valence-electron chi connectivity index (χ0n) is 37.2. The molecule has 0 aliphatic carbocycles. The Morgan fingerprint density at radius 1 is 0.875 bits per heavy atom. The number of likely N-dealkylation sites (tertiary alicyclic amines) is 1. The summed E-state index contributed by atoms with van der Waals surface area (Å²) in [5.41, 5.74) is 3.82. The molecule has 18 nitrogen and oxygen atoms in total. The number of amides is 3. The molecule has 3 aromatic heterocycles. The van der Waals surface area contributed by atoms with Gasteiger partial charge in [-0.05, 0) is 36.1 Å². The molecule has 2 fully saturated rings. The highest BCUT2D eigenvalue weighted by Gasteiger charge is 2.44. The predicted octanol–water partition coefficient (Wildman–Crippen LogP) is 2.84. The second-order valence-electron chi connectivity index (χ2n) is 17.2. The summed E-state index contributed by atoms with van der Waals surface area (Å²) in [7, 11) is 0. The highest BCUT2D eigenvalue weighted by molar-refractivity contribution is 5.93. The quantitative estimate of drug-likeness (QED) is 0.0910. The van der Waals surface area contributed by atoms with E-state index in [1.165, 1.54) is 11.3 Å². The van der Waals surface area contributed by atoms with Gasteiger partial charge in [-0.2, -0.15) is 4.98 Å². The highest BCUT2D eigenvalue weighted by Crippen LogP contribution is 2.27. The minimum Gasteiger partial charge on any atom is -0.443 e. The number of nitrogens with one attached hydrogen (secondary N) is 2. The van der Waals surface area contributed by atoms with E-state index in [2.05, 4.69) is 42.5 Å². The molecule has 0 spiro atoms. The molecular formula is C46H61N9O9. The molecule has 64 heavy (non-hydrogen) atoms. The summed E-state index contributed by atoms with van der Waals surface area (Å²) in [6.45, 7) is 14.6. The van der Waals surface area contributed by atoms with Crippen molar-refractivity contribution in [1.82, 2.24) is 39.8 Å². The van der Waals surface area contributed by atoms with Crippen LogP contribution in [0.2, 0.25) is 0 Å². The lowest BCUT2D eigenvalue weighted by Gasteiger charge is -2.35. The van der Waals surface area contributed by atoms with Gasteiger partial charge in [-0.15, -0.1) is 0 Å². The maximum absolute atomic E-state index is 13.9. The van der Waals surface area contributed by atoms with Crippen LogP contribution in [-0.4, -0.2) is 162 Å². The second kappa shape index (κ2) is 21.9. The molecule has 5 heterocycles. The van der Waals surface area contributed by atoms with Gasteiger partial charge in [-0.1, -0.05) is 57.2 Å². The number of imidazole rings is 1. The van der Waals surface area contributed by atoms with Crippen LogP contribution < -0.4 is 15.5 Å². The van der Waals surface area contributed by atoms with Crippen molar-refractivity contribution in [2.24, 2.45) is 5.41 Å². The van der Waals surface area contributed by atoms with Gasteiger partial charge in [-0.3, -0.25) is 23.7 Å². The number of benzene rings is 2. The fourth-order valence-corrected chi connectivity index (χ4v) is 7.92. The number of aromatic nitrogens is 4. The van der Waals surface area contributed by atoms with Gasteiger partial charge in [0.1, 0.15) is 24.5 Å². The number of rotatable bonds is 21. The summed E-state index contributed by atoms with van der Waals surface area (Å²) in [5, 5.41) is 16.2. The van der Waals surface area contributed by atoms with Crippen LogP contribution >= 0.6 is 0 Å². The van der Waals surface area contributed by atoms with Crippen molar-refractivity contribution in [2.45, 2.75) is 58.8 Å². The summed E-state index contributed by atoms with van der Waals surface area (Å²) < 4.78 is 30.0. The maximum Gasteiger partial charge on any atom is 0.246 e. The molecule has 3 atom stereocenters. The fourth-order valence-electron chi connectivity index (χ4n) is 7.92. The topological polar surface area (TPSA) is 198 Å². The van der Waals surface area contributed by atoms with E-state index in [1.54, 1.807) is 0 Å². The molecule has 0 saturated carbocycles. The summed E-state index contributed by atoms with van der Waals surface area (Å²) in [4.78, 5) is 59.9. The highest BCUT2D eigenvalue weighted by atomic mass is 16.6. The molecular weight excluding hydrogens is 823 g/mol. The van der Waals surface area contributed by atoms with Crippen molar-refractivity contribution < 1.29 is 42.9 Å². The van der Waals surface area contributed by atoms with E-state index in [-0.39, 0.29) is 45.2 Å². The molecule has 344 valence electrons. The molecule has 3 amide bonds. The SMILES string of the molecule is Cc1ncoc1-c1ccc(CNC(=O)[C@@H]2C[C@@H](O)CN2C(=O)C(NC(=O)COCCOCCOCCOCCN2CCN(c3ccn4c(n3)nc3ccccc34)CC2)C(C)(C)C)cc1. The largest absolute Gasteiger partial charge is 0.443 e. The van der Waals surface area contributed by atoms with Gasteiger partial charge in [0.25, 0.3) is 0 Å². The third-order valence-corrected chi connectivity index (χ3v) is 11.5. The van der Waals surface area contributed by atoms with E-state index in [0.717, 1.165) is 66.4 Å². The lowest BCUT2D eigenvalue weighted by atomic mass is 9.85. The number of aliphatic hydroxyl groups is 1. The maximum atomic E-state index is 13.9. The van der Waals surface area contributed by atoms with Crippen LogP contribution in [-0.2, 0) is 39.9 Å². The van der Waals surface area contributed by atoms with Gasteiger partial charge >= 0.3 is 0 Å². The molecule has 7 rings (SSSR count). The Hall–Kier alpha value is -5.50. The molecule has 5 aromatic rings. The number of carbonyl (C=O) groups excluding carboxylic acids is 3. The zero-order chi connectivity index (χ0) is 45.1. The van der Waals surface area contributed by atoms with Crippen molar-refractivity contribution in [1.29, 1.82) is 0 Å². The van der Waals surface area contributed by atoms with Crippen LogP contribution in [0, 0.1) is 12.3 Å². The minimum absolute atomic E-state index is 0.0169. The van der Waals surface area contributed by atoms with Crippen LogP contribution in [0.1, 0.15) is 38.4 Å². The Morgan fingerprint density at radius 2 is 1.56 bits per heavy atom. The molecule has 0 bridgehead atoms. The summed E-state index contributed by atoms with van der Waals surface area (Å²) in [6.07, 6.45) is 2.67. The first kappa shape index (κ1) is 46.5. The fraction of sp³-hybridized carbons (Fsp3) is 0.522.